The first kappa shape index (κ1) is 19.7. The van der Waals surface area contributed by atoms with Crippen molar-refractivity contribution in [3.8, 4) is 11.9 Å². The molecule has 1 aromatic carbocycles. The minimum absolute atomic E-state index is 0.0338. The third-order valence-electron chi connectivity index (χ3n) is 4.59. The summed E-state index contributed by atoms with van der Waals surface area (Å²) in [4.78, 5) is 21.7. The van der Waals surface area contributed by atoms with Gasteiger partial charge in [-0.25, -0.2) is 14.2 Å². The van der Waals surface area contributed by atoms with E-state index >= 15 is 0 Å². The van der Waals surface area contributed by atoms with Crippen molar-refractivity contribution in [2.75, 3.05) is 31.6 Å². The largest absolute Gasteiger partial charge is 0.476 e. The van der Waals surface area contributed by atoms with Gasteiger partial charge in [0.2, 0.25) is 5.88 Å². The topological polar surface area (TPSA) is 103 Å². The van der Waals surface area contributed by atoms with Gasteiger partial charge in [0.25, 0.3) is 0 Å². The number of aromatic nitrogens is 2. The van der Waals surface area contributed by atoms with Crippen molar-refractivity contribution in [3.05, 3.63) is 53.1 Å². The number of fused-ring (bicyclic) bond motifs is 1. The van der Waals surface area contributed by atoms with Crippen molar-refractivity contribution in [3.63, 3.8) is 0 Å². The van der Waals surface area contributed by atoms with Gasteiger partial charge in [0.15, 0.2) is 0 Å². The Morgan fingerprint density at radius 1 is 1.33 bits per heavy atom. The molecule has 8 nitrogen and oxygen atoms in total. The lowest BCUT2D eigenvalue weighted by molar-refractivity contribution is 0.201. The van der Waals surface area contributed by atoms with Crippen LogP contribution in [-0.2, 0) is 0 Å². The number of carbonyl (C=O) groups is 1. The van der Waals surface area contributed by atoms with Crippen molar-refractivity contribution in [2.24, 2.45) is 0 Å². The van der Waals surface area contributed by atoms with Crippen LogP contribution in [0.4, 0.5) is 20.6 Å². The molecule has 0 bridgehead atoms. The first-order valence-corrected chi connectivity index (χ1v) is 9.49. The van der Waals surface area contributed by atoms with E-state index in [9.17, 15) is 14.4 Å². The SMILES string of the molecule is N#Cc1cnc2cnc(OCCN3CCNC3=O)cc2c1Nc1ccc(F)c(Cl)c1. The Hall–Kier alpha value is -3.64. The Morgan fingerprint density at radius 2 is 2.20 bits per heavy atom. The molecule has 0 radical (unpaired) electrons. The molecule has 0 spiro atoms. The fourth-order valence-corrected chi connectivity index (χ4v) is 3.26. The molecule has 3 aromatic rings. The number of hydrogen-bond acceptors (Lipinski definition) is 6. The summed E-state index contributed by atoms with van der Waals surface area (Å²) in [5.41, 5.74) is 1.85. The third-order valence-corrected chi connectivity index (χ3v) is 4.88. The summed E-state index contributed by atoms with van der Waals surface area (Å²) in [6.07, 6.45) is 2.97. The molecule has 0 atom stereocenters. The molecule has 0 unspecified atom stereocenters. The van der Waals surface area contributed by atoms with Crippen LogP contribution in [0, 0.1) is 17.1 Å². The second-order valence-electron chi connectivity index (χ2n) is 6.52. The molecule has 1 saturated heterocycles. The number of pyridine rings is 2. The van der Waals surface area contributed by atoms with E-state index in [0.717, 1.165) is 0 Å². The zero-order valence-electron chi connectivity index (χ0n) is 15.7. The quantitative estimate of drug-likeness (QED) is 0.625. The van der Waals surface area contributed by atoms with Crippen molar-refractivity contribution >= 4 is 39.9 Å². The number of nitrogens with one attached hydrogen (secondary N) is 2. The molecule has 3 heterocycles. The lowest BCUT2D eigenvalue weighted by Gasteiger charge is -2.15. The molecule has 2 aromatic heterocycles. The van der Waals surface area contributed by atoms with E-state index in [1.165, 1.54) is 30.6 Å². The Balaban J connectivity index is 1.60. The molecule has 152 valence electrons. The number of hydrogen-bond donors (Lipinski definition) is 2. The first-order valence-electron chi connectivity index (χ1n) is 9.11. The Morgan fingerprint density at radius 3 is 2.93 bits per heavy atom. The van der Waals surface area contributed by atoms with Crippen LogP contribution < -0.4 is 15.4 Å². The number of rotatable bonds is 6. The van der Waals surface area contributed by atoms with Crippen molar-refractivity contribution in [2.45, 2.75) is 0 Å². The fourth-order valence-electron chi connectivity index (χ4n) is 3.08. The van der Waals surface area contributed by atoms with Crippen molar-refractivity contribution in [1.29, 1.82) is 5.26 Å². The zero-order chi connectivity index (χ0) is 21.1. The maximum atomic E-state index is 13.5. The molecular formula is C20H16ClFN6O2. The third kappa shape index (κ3) is 4.04. The van der Waals surface area contributed by atoms with Crippen LogP contribution in [0.25, 0.3) is 10.9 Å². The smallest absolute Gasteiger partial charge is 0.317 e. The Kier molecular flexibility index (Phi) is 5.50. The summed E-state index contributed by atoms with van der Waals surface area (Å²) in [6, 6.07) is 7.85. The molecule has 2 N–H and O–H groups in total. The maximum Gasteiger partial charge on any atom is 0.317 e. The van der Waals surface area contributed by atoms with Crippen LogP contribution in [-0.4, -0.2) is 47.1 Å². The van der Waals surface area contributed by atoms with Gasteiger partial charge < -0.3 is 20.3 Å². The lowest BCUT2D eigenvalue weighted by atomic mass is 10.1. The molecule has 10 heteroatoms. The standard InChI is InChI=1S/C20H16ClFN6O2/c21-15-7-13(1-2-16(15)22)27-19-12(9-23)10-25-17-11-26-18(8-14(17)19)30-6-5-28-4-3-24-20(28)29/h1-2,7-8,10-11H,3-6H2,(H,24,29)(H,25,27). The van der Waals surface area contributed by atoms with Crippen LogP contribution in [0.2, 0.25) is 5.02 Å². The molecule has 0 saturated carbocycles. The van der Waals surface area contributed by atoms with Crippen LogP contribution in [0.5, 0.6) is 5.88 Å². The second-order valence-corrected chi connectivity index (χ2v) is 6.93. The fraction of sp³-hybridized carbons (Fsp3) is 0.200. The maximum absolute atomic E-state index is 13.5. The Labute approximate surface area is 176 Å². The van der Waals surface area contributed by atoms with Crippen molar-refractivity contribution in [1.82, 2.24) is 20.2 Å². The van der Waals surface area contributed by atoms with Gasteiger partial charge in [-0.1, -0.05) is 11.6 Å². The lowest BCUT2D eigenvalue weighted by Crippen LogP contribution is -2.31. The molecule has 4 rings (SSSR count). The number of urea groups is 1. The molecule has 1 aliphatic heterocycles. The zero-order valence-corrected chi connectivity index (χ0v) is 16.4. The highest BCUT2D eigenvalue weighted by molar-refractivity contribution is 6.31. The predicted octanol–water partition coefficient (Wildman–Crippen LogP) is 3.44. The van der Waals surface area contributed by atoms with Gasteiger partial charge >= 0.3 is 6.03 Å². The number of carbonyl (C=O) groups excluding carboxylic acids is 1. The summed E-state index contributed by atoms with van der Waals surface area (Å²) >= 11 is 5.86. The van der Waals surface area contributed by atoms with E-state index in [2.05, 4.69) is 26.7 Å². The highest BCUT2D eigenvalue weighted by Crippen LogP contribution is 2.31. The molecule has 2 amide bonds. The number of nitrogens with zero attached hydrogens (tertiary/aromatic N) is 4. The van der Waals surface area contributed by atoms with E-state index in [0.29, 0.717) is 53.4 Å². The van der Waals surface area contributed by atoms with Gasteiger partial charge in [-0.2, -0.15) is 5.26 Å². The number of benzene rings is 1. The van der Waals surface area contributed by atoms with Gasteiger partial charge in [0, 0.05) is 36.4 Å². The number of nitriles is 1. The van der Waals surface area contributed by atoms with Crippen LogP contribution >= 0.6 is 11.6 Å². The van der Waals surface area contributed by atoms with Crippen molar-refractivity contribution < 1.29 is 13.9 Å². The summed E-state index contributed by atoms with van der Waals surface area (Å²) in [7, 11) is 0. The number of amides is 2. The molecular weight excluding hydrogens is 411 g/mol. The van der Waals surface area contributed by atoms with Crippen LogP contribution in [0.15, 0.2) is 36.7 Å². The normalized spacial score (nSPS) is 13.2. The van der Waals surface area contributed by atoms with Gasteiger partial charge in [-0.05, 0) is 18.2 Å². The average molecular weight is 427 g/mol. The summed E-state index contributed by atoms with van der Waals surface area (Å²) < 4.78 is 19.2. The summed E-state index contributed by atoms with van der Waals surface area (Å²) in [5.74, 6) is -0.201. The number of halogens is 2. The molecule has 30 heavy (non-hydrogen) atoms. The first-order chi connectivity index (χ1) is 14.5. The van der Waals surface area contributed by atoms with E-state index in [-0.39, 0.29) is 17.7 Å². The van der Waals surface area contributed by atoms with Gasteiger partial charge in [0.1, 0.15) is 18.5 Å². The summed E-state index contributed by atoms with van der Waals surface area (Å²) in [5, 5.41) is 15.9. The van der Waals surface area contributed by atoms with E-state index in [1.807, 2.05) is 0 Å². The van der Waals surface area contributed by atoms with Crippen LogP contribution in [0.3, 0.4) is 0 Å². The average Bonchev–Trinajstić information content (AvgIpc) is 3.16. The van der Waals surface area contributed by atoms with Gasteiger partial charge in [0.05, 0.1) is 34.5 Å². The highest BCUT2D eigenvalue weighted by atomic mass is 35.5. The minimum Gasteiger partial charge on any atom is -0.476 e. The van der Waals surface area contributed by atoms with E-state index in [1.54, 1.807) is 11.0 Å². The number of ether oxygens (including phenoxy) is 1. The van der Waals surface area contributed by atoms with E-state index in [4.69, 9.17) is 16.3 Å². The Bertz CT molecular complexity index is 1170. The van der Waals surface area contributed by atoms with Gasteiger partial charge in [-0.3, -0.25) is 4.98 Å². The van der Waals surface area contributed by atoms with Crippen LogP contribution in [0.1, 0.15) is 5.56 Å². The minimum atomic E-state index is -0.533. The van der Waals surface area contributed by atoms with Gasteiger partial charge in [-0.15, -0.1) is 0 Å². The van der Waals surface area contributed by atoms with E-state index < -0.39 is 5.82 Å². The molecule has 0 aliphatic carbocycles. The second kappa shape index (κ2) is 8.39. The monoisotopic (exact) mass is 426 g/mol. The predicted molar refractivity (Wildman–Crippen MR) is 109 cm³/mol. The highest BCUT2D eigenvalue weighted by Gasteiger charge is 2.19. The molecule has 1 aliphatic rings. The molecule has 1 fully saturated rings. The summed E-state index contributed by atoms with van der Waals surface area (Å²) in [6.45, 7) is 1.96. The number of anilines is 2.